The maximum Gasteiger partial charge on any atom is 0.313 e. The van der Waals surface area contributed by atoms with Crippen LogP contribution in [-0.4, -0.2) is 41.3 Å². The third-order valence-electron chi connectivity index (χ3n) is 5.03. The first-order chi connectivity index (χ1) is 13.0. The predicted octanol–water partition coefficient (Wildman–Crippen LogP) is 1.86. The number of pyridine rings is 1. The molecule has 1 aromatic heterocycles. The second kappa shape index (κ2) is 8.18. The number of hydrogen-bond donors (Lipinski definition) is 3. The van der Waals surface area contributed by atoms with Crippen LogP contribution >= 0.6 is 0 Å². The quantitative estimate of drug-likeness (QED) is 0.719. The second-order valence-electron chi connectivity index (χ2n) is 6.82. The summed E-state index contributed by atoms with van der Waals surface area (Å²) in [5.74, 6) is -0.796. The molecule has 27 heavy (non-hydrogen) atoms. The van der Waals surface area contributed by atoms with Gasteiger partial charge < -0.3 is 21.3 Å². The molecule has 1 aliphatic rings. The number of hydrogen-bond acceptors (Lipinski definition) is 5. The van der Waals surface area contributed by atoms with Crippen LogP contribution in [0.1, 0.15) is 30.0 Å². The molecule has 1 unspecified atom stereocenters. The van der Waals surface area contributed by atoms with Crippen molar-refractivity contribution in [3.8, 4) is 0 Å². The Balaban J connectivity index is 1.78. The summed E-state index contributed by atoms with van der Waals surface area (Å²) >= 11 is 0. The standard InChI is InChI=1S/C20H25N5O2/c1-13-10-16(12-23-18(13)21)24-19(26)20(27)25-9-8-15(22-2)11-17(25)14-6-4-3-5-7-14/h3-7,10,12,15,17,22H,8-9,11H2,1-2H3,(H2,21,23)(H,24,26)/t15-,17?/m0/s1. The summed E-state index contributed by atoms with van der Waals surface area (Å²) in [5.41, 5.74) is 7.94. The van der Waals surface area contributed by atoms with Gasteiger partial charge in [-0.05, 0) is 44.0 Å². The van der Waals surface area contributed by atoms with E-state index < -0.39 is 11.8 Å². The lowest BCUT2D eigenvalue weighted by Crippen LogP contribution is -2.49. The summed E-state index contributed by atoms with van der Waals surface area (Å²) in [5, 5.41) is 5.93. The fourth-order valence-electron chi connectivity index (χ4n) is 3.43. The Kier molecular flexibility index (Phi) is 5.71. The lowest BCUT2D eigenvalue weighted by Gasteiger charge is -2.39. The number of nitrogens with one attached hydrogen (secondary N) is 2. The van der Waals surface area contributed by atoms with E-state index in [-0.39, 0.29) is 6.04 Å². The molecule has 3 rings (SSSR count). The Morgan fingerprint density at radius 3 is 2.67 bits per heavy atom. The highest BCUT2D eigenvalue weighted by Crippen LogP contribution is 2.31. The van der Waals surface area contributed by atoms with Crippen LogP contribution in [0.3, 0.4) is 0 Å². The molecule has 0 aliphatic carbocycles. The molecule has 2 heterocycles. The lowest BCUT2D eigenvalue weighted by molar-refractivity contribution is -0.146. The Labute approximate surface area is 159 Å². The monoisotopic (exact) mass is 367 g/mol. The minimum atomic E-state index is -0.662. The molecule has 1 saturated heterocycles. The van der Waals surface area contributed by atoms with E-state index in [4.69, 9.17) is 5.73 Å². The molecule has 1 aromatic carbocycles. The van der Waals surface area contributed by atoms with Crippen LogP contribution in [0.4, 0.5) is 11.5 Å². The zero-order chi connectivity index (χ0) is 19.4. The van der Waals surface area contributed by atoms with Gasteiger partial charge in [0, 0.05) is 12.6 Å². The fourth-order valence-corrected chi connectivity index (χ4v) is 3.43. The number of nitrogens with zero attached hydrogens (tertiary/aromatic N) is 2. The average Bonchev–Trinajstić information content (AvgIpc) is 2.70. The Hall–Kier alpha value is -2.93. The number of anilines is 2. The van der Waals surface area contributed by atoms with Gasteiger partial charge in [0.15, 0.2) is 0 Å². The highest BCUT2D eigenvalue weighted by molar-refractivity contribution is 6.39. The van der Waals surface area contributed by atoms with E-state index in [2.05, 4.69) is 15.6 Å². The molecular weight excluding hydrogens is 342 g/mol. The molecule has 2 amide bonds. The van der Waals surface area contributed by atoms with Gasteiger partial charge in [-0.25, -0.2) is 4.98 Å². The Morgan fingerprint density at radius 1 is 1.26 bits per heavy atom. The molecule has 2 aromatic rings. The van der Waals surface area contributed by atoms with Crippen LogP contribution in [0.15, 0.2) is 42.6 Å². The maximum absolute atomic E-state index is 12.9. The first-order valence-corrected chi connectivity index (χ1v) is 9.06. The third-order valence-corrected chi connectivity index (χ3v) is 5.03. The van der Waals surface area contributed by atoms with E-state index in [1.165, 1.54) is 6.20 Å². The molecule has 2 atom stereocenters. The highest BCUT2D eigenvalue weighted by atomic mass is 16.2. The molecule has 4 N–H and O–H groups in total. The van der Waals surface area contributed by atoms with Gasteiger partial charge in [-0.1, -0.05) is 30.3 Å². The molecule has 142 valence electrons. The van der Waals surface area contributed by atoms with Crippen molar-refractivity contribution in [1.82, 2.24) is 15.2 Å². The summed E-state index contributed by atoms with van der Waals surface area (Å²) < 4.78 is 0. The number of carbonyl (C=O) groups excluding carboxylic acids is 2. The van der Waals surface area contributed by atoms with Gasteiger partial charge in [0.2, 0.25) is 0 Å². The number of aromatic nitrogens is 1. The lowest BCUT2D eigenvalue weighted by atomic mass is 9.91. The number of piperidine rings is 1. The van der Waals surface area contributed by atoms with Crippen LogP contribution in [0.5, 0.6) is 0 Å². The van der Waals surface area contributed by atoms with E-state index in [9.17, 15) is 9.59 Å². The summed E-state index contributed by atoms with van der Waals surface area (Å²) in [4.78, 5) is 31.1. The van der Waals surface area contributed by atoms with Gasteiger partial charge in [-0.3, -0.25) is 9.59 Å². The Morgan fingerprint density at radius 2 is 2.00 bits per heavy atom. The zero-order valence-electron chi connectivity index (χ0n) is 15.6. The summed E-state index contributed by atoms with van der Waals surface area (Å²) in [7, 11) is 1.92. The first-order valence-electron chi connectivity index (χ1n) is 9.06. The fraction of sp³-hybridized carbons (Fsp3) is 0.350. The smallest absolute Gasteiger partial charge is 0.313 e. The van der Waals surface area contributed by atoms with Crippen LogP contribution in [0, 0.1) is 6.92 Å². The average molecular weight is 367 g/mol. The van der Waals surface area contributed by atoms with Gasteiger partial charge in [-0.15, -0.1) is 0 Å². The topological polar surface area (TPSA) is 100 Å². The highest BCUT2D eigenvalue weighted by Gasteiger charge is 2.34. The summed E-state index contributed by atoms with van der Waals surface area (Å²) in [6.07, 6.45) is 3.03. The van der Waals surface area contributed by atoms with Crippen molar-refractivity contribution in [3.05, 3.63) is 53.7 Å². The normalized spacial score (nSPS) is 19.6. The second-order valence-corrected chi connectivity index (χ2v) is 6.82. The van der Waals surface area contributed by atoms with Crippen molar-refractivity contribution >= 4 is 23.3 Å². The van der Waals surface area contributed by atoms with Gasteiger partial charge in [0.05, 0.1) is 17.9 Å². The number of amides is 2. The molecule has 1 aliphatic heterocycles. The van der Waals surface area contributed by atoms with Gasteiger partial charge in [-0.2, -0.15) is 0 Å². The zero-order valence-corrected chi connectivity index (χ0v) is 15.6. The van der Waals surface area contributed by atoms with Crippen LogP contribution < -0.4 is 16.4 Å². The molecule has 0 spiro atoms. The van der Waals surface area contributed by atoms with E-state index in [1.54, 1.807) is 17.9 Å². The van der Waals surface area contributed by atoms with Crippen LogP contribution in [0.25, 0.3) is 0 Å². The number of nitrogens with two attached hydrogens (primary N) is 1. The van der Waals surface area contributed by atoms with E-state index in [1.807, 2.05) is 37.4 Å². The van der Waals surface area contributed by atoms with Crippen LogP contribution in [0.2, 0.25) is 0 Å². The molecular formula is C20H25N5O2. The molecule has 1 fully saturated rings. The Bertz CT molecular complexity index is 824. The van der Waals surface area contributed by atoms with Gasteiger partial charge in [0.25, 0.3) is 0 Å². The molecule has 7 heteroatoms. The first kappa shape index (κ1) is 18.8. The number of rotatable bonds is 3. The van der Waals surface area contributed by atoms with Crippen molar-refractivity contribution in [2.24, 2.45) is 0 Å². The minimum absolute atomic E-state index is 0.137. The third kappa shape index (κ3) is 4.25. The van der Waals surface area contributed by atoms with Crippen molar-refractivity contribution in [3.63, 3.8) is 0 Å². The van der Waals surface area contributed by atoms with Gasteiger partial charge in [0.1, 0.15) is 5.82 Å². The van der Waals surface area contributed by atoms with Crippen molar-refractivity contribution in [1.29, 1.82) is 0 Å². The van der Waals surface area contributed by atoms with Crippen molar-refractivity contribution < 1.29 is 9.59 Å². The van der Waals surface area contributed by atoms with E-state index >= 15 is 0 Å². The van der Waals surface area contributed by atoms with Crippen LogP contribution in [-0.2, 0) is 9.59 Å². The largest absolute Gasteiger partial charge is 0.383 e. The van der Waals surface area contributed by atoms with Crippen molar-refractivity contribution in [2.75, 3.05) is 24.6 Å². The minimum Gasteiger partial charge on any atom is -0.383 e. The molecule has 0 radical (unpaired) electrons. The van der Waals surface area contributed by atoms with E-state index in [0.717, 1.165) is 24.0 Å². The van der Waals surface area contributed by atoms with Crippen molar-refractivity contribution in [2.45, 2.75) is 31.8 Å². The SMILES string of the molecule is CN[C@H]1CCN(C(=O)C(=O)Nc2cnc(N)c(C)c2)C(c2ccccc2)C1. The molecule has 0 saturated carbocycles. The maximum atomic E-state index is 12.9. The number of benzene rings is 1. The number of nitrogen functional groups attached to an aromatic ring is 1. The predicted molar refractivity (Wildman–Crippen MR) is 105 cm³/mol. The number of likely N-dealkylation sites (tertiary alicyclic amines) is 1. The van der Waals surface area contributed by atoms with E-state index in [0.29, 0.717) is 24.1 Å². The molecule has 0 bridgehead atoms. The molecule has 7 nitrogen and oxygen atoms in total. The van der Waals surface area contributed by atoms with Gasteiger partial charge >= 0.3 is 11.8 Å². The summed E-state index contributed by atoms with van der Waals surface area (Å²) in [6.45, 7) is 2.32. The number of aryl methyl sites for hydroxylation is 1. The number of carbonyl (C=O) groups is 2. The summed E-state index contributed by atoms with van der Waals surface area (Å²) in [6, 6.07) is 11.7.